The zero-order valence-corrected chi connectivity index (χ0v) is 11.1. The summed E-state index contributed by atoms with van der Waals surface area (Å²) in [6, 6.07) is 9.07. The van der Waals surface area contributed by atoms with Crippen LogP contribution in [0.3, 0.4) is 0 Å². The van der Waals surface area contributed by atoms with Gasteiger partial charge >= 0.3 is 0 Å². The molecular weight excluding hydrogens is 194 g/mol. The van der Waals surface area contributed by atoms with Gasteiger partial charge in [0, 0.05) is 0 Å². The summed E-state index contributed by atoms with van der Waals surface area (Å²) in [4.78, 5) is 0. The van der Waals surface area contributed by atoms with Gasteiger partial charge in [0.2, 0.25) is 0 Å². The fourth-order valence-corrected chi connectivity index (χ4v) is 2.02. The lowest BCUT2D eigenvalue weighted by Gasteiger charge is -2.25. The first-order chi connectivity index (χ1) is 7.60. The van der Waals surface area contributed by atoms with Crippen LogP contribution in [0.2, 0.25) is 0 Å². The summed E-state index contributed by atoms with van der Waals surface area (Å²) < 4.78 is 0. The Hall–Kier alpha value is -0.820. The molecule has 1 rings (SSSR count). The molecule has 0 bridgehead atoms. The number of benzene rings is 1. The lowest BCUT2D eigenvalue weighted by molar-refractivity contribution is 0.468. The molecule has 0 saturated carbocycles. The summed E-state index contributed by atoms with van der Waals surface area (Å²) in [7, 11) is 2.02. The topological polar surface area (TPSA) is 12.0 Å². The summed E-state index contributed by atoms with van der Waals surface area (Å²) >= 11 is 0. The first-order valence-electron chi connectivity index (χ1n) is 6.34. The molecule has 90 valence electrons. The molecule has 0 atom stereocenters. The van der Waals surface area contributed by atoms with Gasteiger partial charge in [0.25, 0.3) is 0 Å². The smallest absolute Gasteiger partial charge is 0.00436 e. The van der Waals surface area contributed by atoms with Crippen molar-refractivity contribution in [3.63, 3.8) is 0 Å². The SMILES string of the molecule is CCCc1cccc(C(C)(C)CCNC)c1. The number of hydrogen-bond acceptors (Lipinski definition) is 1. The first kappa shape index (κ1) is 13.2. The van der Waals surface area contributed by atoms with Crippen molar-refractivity contribution >= 4 is 0 Å². The average molecular weight is 219 g/mol. The molecular formula is C15H25N. The highest BCUT2D eigenvalue weighted by Crippen LogP contribution is 2.27. The van der Waals surface area contributed by atoms with Crippen molar-refractivity contribution in [1.29, 1.82) is 0 Å². The molecule has 0 amide bonds. The molecule has 0 saturated heterocycles. The Morgan fingerprint density at radius 2 is 2.00 bits per heavy atom. The molecule has 0 spiro atoms. The van der Waals surface area contributed by atoms with E-state index >= 15 is 0 Å². The largest absolute Gasteiger partial charge is 0.320 e. The standard InChI is InChI=1S/C15H25N/c1-5-7-13-8-6-9-14(12-13)15(2,3)10-11-16-4/h6,8-9,12,16H,5,7,10-11H2,1-4H3. The van der Waals surface area contributed by atoms with Gasteiger partial charge in [-0.3, -0.25) is 0 Å². The van der Waals surface area contributed by atoms with Crippen molar-refractivity contribution in [2.24, 2.45) is 0 Å². The third kappa shape index (κ3) is 3.64. The van der Waals surface area contributed by atoms with Gasteiger partial charge in [0.05, 0.1) is 0 Å². The highest BCUT2D eigenvalue weighted by atomic mass is 14.8. The molecule has 0 aliphatic heterocycles. The molecule has 0 unspecified atom stereocenters. The Balaban J connectivity index is 2.80. The van der Waals surface area contributed by atoms with Gasteiger partial charge in [0.1, 0.15) is 0 Å². The lowest BCUT2D eigenvalue weighted by Crippen LogP contribution is -2.23. The van der Waals surface area contributed by atoms with Crippen molar-refractivity contribution in [3.05, 3.63) is 35.4 Å². The molecule has 0 radical (unpaired) electrons. The Morgan fingerprint density at radius 1 is 1.25 bits per heavy atom. The van der Waals surface area contributed by atoms with Crippen LogP contribution < -0.4 is 5.32 Å². The number of hydrogen-bond donors (Lipinski definition) is 1. The Labute approximate surface area is 100 Å². The van der Waals surface area contributed by atoms with E-state index in [2.05, 4.69) is 50.4 Å². The fourth-order valence-electron chi connectivity index (χ4n) is 2.02. The third-order valence-corrected chi connectivity index (χ3v) is 3.25. The Kier molecular flexibility index (Phi) is 5.01. The van der Waals surface area contributed by atoms with Crippen LogP contribution in [0.4, 0.5) is 0 Å². The van der Waals surface area contributed by atoms with Crippen LogP contribution in [0.5, 0.6) is 0 Å². The van der Waals surface area contributed by atoms with Crippen LogP contribution in [0.15, 0.2) is 24.3 Å². The summed E-state index contributed by atoms with van der Waals surface area (Å²) in [6.45, 7) is 7.97. The second-order valence-corrected chi connectivity index (χ2v) is 5.19. The second-order valence-electron chi connectivity index (χ2n) is 5.19. The van der Waals surface area contributed by atoms with Gasteiger partial charge < -0.3 is 5.32 Å². The van der Waals surface area contributed by atoms with Crippen molar-refractivity contribution in [2.75, 3.05) is 13.6 Å². The summed E-state index contributed by atoms with van der Waals surface area (Å²) in [5, 5.41) is 3.23. The van der Waals surface area contributed by atoms with Crippen LogP contribution >= 0.6 is 0 Å². The van der Waals surface area contributed by atoms with Gasteiger partial charge in [-0.1, -0.05) is 51.5 Å². The van der Waals surface area contributed by atoms with Gasteiger partial charge in [-0.2, -0.15) is 0 Å². The maximum Gasteiger partial charge on any atom is -0.00436 e. The molecule has 0 aliphatic carbocycles. The molecule has 1 N–H and O–H groups in total. The van der Waals surface area contributed by atoms with Gasteiger partial charge in [-0.05, 0) is 43.0 Å². The van der Waals surface area contributed by atoms with Crippen molar-refractivity contribution < 1.29 is 0 Å². The molecule has 0 aliphatic rings. The number of rotatable bonds is 6. The van der Waals surface area contributed by atoms with Gasteiger partial charge in [-0.25, -0.2) is 0 Å². The molecule has 16 heavy (non-hydrogen) atoms. The van der Waals surface area contributed by atoms with Crippen LogP contribution in [-0.2, 0) is 11.8 Å². The number of nitrogens with one attached hydrogen (secondary N) is 1. The normalized spacial score (nSPS) is 11.8. The predicted octanol–water partition coefficient (Wildman–Crippen LogP) is 3.53. The minimum absolute atomic E-state index is 0.271. The van der Waals surface area contributed by atoms with E-state index < -0.39 is 0 Å². The van der Waals surface area contributed by atoms with Gasteiger partial charge in [-0.15, -0.1) is 0 Å². The minimum atomic E-state index is 0.271. The predicted molar refractivity (Wildman–Crippen MR) is 72.0 cm³/mol. The van der Waals surface area contributed by atoms with Crippen LogP contribution in [0.1, 0.15) is 44.7 Å². The summed E-state index contributed by atoms with van der Waals surface area (Å²) in [5.41, 5.74) is 3.21. The molecule has 1 nitrogen and oxygen atoms in total. The quantitative estimate of drug-likeness (QED) is 0.772. The van der Waals surface area contributed by atoms with Crippen LogP contribution in [-0.4, -0.2) is 13.6 Å². The minimum Gasteiger partial charge on any atom is -0.320 e. The molecule has 1 aromatic rings. The lowest BCUT2D eigenvalue weighted by atomic mass is 9.81. The van der Waals surface area contributed by atoms with Crippen molar-refractivity contribution in [1.82, 2.24) is 5.32 Å². The maximum atomic E-state index is 3.23. The highest BCUT2D eigenvalue weighted by molar-refractivity contribution is 5.29. The monoisotopic (exact) mass is 219 g/mol. The maximum absolute atomic E-state index is 3.23. The molecule has 1 heteroatoms. The van der Waals surface area contributed by atoms with E-state index in [4.69, 9.17) is 0 Å². The molecule has 0 heterocycles. The molecule has 1 aromatic carbocycles. The summed E-state index contributed by atoms with van der Waals surface area (Å²) in [6.07, 6.45) is 3.59. The van der Waals surface area contributed by atoms with E-state index in [1.807, 2.05) is 7.05 Å². The van der Waals surface area contributed by atoms with E-state index in [1.165, 1.54) is 30.4 Å². The second kappa shape index (κ2) is 6.05. The van der Waals surface area contributed by atoms with E-state index in [1.54, 1.807) is 0 Å². The highest BCUT2D eigenvalue weighted by Gasteiger charge is 2.19. The average Bonchev–Trinajstić information content (AvgIpc) is 2.27. The Bertz CT molecular complexity index is 315. The van der Waals surface area contributed by atoms with E-state index in [9.17, 15) is 0 Å². The number of aryl methyl sites for hydroxylation is 1. The van der Waals surface area contributed by atoms with Crippen LogP contribution in [0, 0.1) is 0 Å². The third-order valence-electron chi connectivity index (χ3n) is 3.25. The van der Waals surface area contributed by atoms with Crippen molar-refractivity contribution in [3.8, 4) is 0 Å². The first-order valence-corrected chi connectivity index (χ1v) is 6.34. The van der Waals surface area contributed by atoms with E-state index in [-0.39, 0.29) is 5.41 Å². The zero-order valence-electron chi connectivity index (χ0n) is 11.1. The molecule has 0 aromatic heterocycles. The molecule has 0 fully saturated rings. The van der Waals surface area contributed by atoms with Crippen molar-refractivity contribution in [2.45, 2.75) is 45.4 Å². The fraction of sp³-hybridized carbons (Fsp3) is 0.600. The Morgan fingerprint density at radius 3 is 2.62 bits per heavy atom. The van der Waals surface area contributed by atoms with E-state index in [0.717, 1.165) is 6.54 Å². The summed E-state index contributed by atoms with van der Waals surface area (Å²) in [5.74, 6) is 0. The zero-order chi connectivity index (χ0) is 12.0. The van der Waals surface area contributed by atoms with E-state index in [0.29, 0.717) is 0 Å². The van der Waals surface area contributed by atoms with Crippen LogP contribution in [0.25, 0.3) is 0 Å². The van der Waals surface area contributed by atoms with Gasteiger partial charge in [0.15, 0.2) is 0 Å².